The van der Waals surface area contributed by atoms with Gasteiger partial charge in [-0.05, 0) is 0 Å². The minimum atomic E-state index is -5.75. The van der Waals surface area contributed by atoms with E-state index >= 15 is 0 Å². The van der Waals surface area contributed by atoms with Crippen molar-refractivity contribution < 1.29 is 17.3 Å². The maximum atomic E-state index is 9.86. The molecule has 0 radical (unpaired) electrons. The third kappa shape index (κ3) is 261. The van der Waals surface area contributed by atoms with Gasteiger partial charge in [-0.25, -0.2) is 0 Å². The number of rotatable bonds is 0. The molecule has 0 rings (SSSR count). The highest BCUT2D eigenvalue weighted by molar-refractivity contribution is 6.47. The van der Waals surface area contributed by atoms with Crippen molar-refractivity contribution in [3.8, 4) is 0 Å². The zero-order valence-corrected chi connectivity index (χ0v) is 2.12. The molecule has 32 valence electrons. The van der Waals surface area contributed by atoms with Gasteiger partial charge in [0.25, 0.3) is 0 Å². The maximum absolute atomic E-state index is 9.86. The standard InChI is InChI=1S/BF4H/c2-1(3,4)5/h2H. The fourth-order valence-electron chi connectivity index (χ4n) is 0. The average Bonchev–Trinajstić information content (AvgIpc) is 0.722. The van der Waals surface area contributed by atoms with Gasteiger partial charge in [-0.1, -0.05) is 0 Å². The van der Waals surface area contributed by atoms with Crippen LogP contribution in [0.25, 0.3) is 0 Å². The first-order valence-corrected chi connectivity index (χ1v) is 0.890. The van der Waals surface area contributed by atoms with Gasteiger partial charge in [-0.15, -0.1) is 0 Å². The molecule has 0 spiro atoms. The lowest BCUT2D eigenvalue weighted by Gasteiger charge is -1.82. The van der Waals surface area contributed by atoms with E-state index in [-0.39, 0.29) is 0 Å². The van der Waals surface area contributed by atoms with E-state index in [1.165, 1.54) is 0 Å². The molecule has 5 heavy (non-hydrogen) atoms. The smallest absolute Gasteiger partial charge is 0.432 e. The minimum Gasteiger partial charge on any atom is -0.432 e. The molecule has 0 N–H and O–H groups in total. The molecule has 0 heterocycles. The van der Waals surface area contributed by atoms with Crippen molar-refractivity contribution in [1.29, 1.82) is 0 Å². The Morgan fingerprint density at radius 2 is 1.20 bits per heavy atom. The van der Waals surface area contributed by atoms with Crippen molar-refractivity contribution in [2.45, 2.75) is 0 Å². The van der Waals surface area contributed by atoms with Crippen LogP contribution in [0, 0.1) is 4.32 Å². The molecule has 0 unspecified atom stereocenters. The van der Waals surface area contributed by atoms with Crippen LogP contribution in [0.2, 0.25) is 0 Å². The molecular weight excluding hydrogens is 86.8 g/mol. The van der Waals surface area contributed by atoms with Crippen molar-refractivity contribution in [1.82, 2.24) is 0 Å². The summed E-state index contributed by atoms with van der Waals surface area (Å²) in [6, 6.07) is 0. The molecule has 0 bridgehead atoms. The van der Waals surface area contributed by atoms with E-state index in [9.17, 15) is 12.9 Å². The largest absolute Gasteiger partial charge is 0.937 e. The van der Waals surface area contributed by atoms with Crippen LogP contribution >= 0.6 is 0 Å². The van der Waals surface area contributed by atoms with Gasteiger partial charge in [0.15, 0.2) is 0 Å². The lowest BCUT2D eigenvalue weighted by Crippen LogP contribution is -2.07. The van der Waals surface area contributed by atoms with E-state index in [1.807, 2.05) is 0 Å². The van der Waals surface area contributed by atoms with E-state index in [0.29, 0.717) is 0 Å². The number of halogens is 4. The number of hydrogen-bond acceptors (Lipinski definition) is 0. The summed E-state index contributed by atoms with van der Waals surface area (Å²) in [5, 5.41) is 0. The second-order valence-electron chi connectivity index (χ2n) is 0.515. The molecule has 0 aliphatic carbocycles. The van der Waals surface area contributed by atoms with Crippen LogP contribution in [0.4, 0.5) is 12.9 Å². The molecule has 0 atom stereocenters. The summed E-state index contributed by atoms with van der Waals surface area (Å²) in [5.41, 5.74) is 0. The third-order valence-electron chi connectivity index (χ3n) is 0. The molecular formula is HBF4. The van der Waals surface area contributed by atoms with Gasteiger partial charge in [-0.2, -0.15) is 0 Å². The Morgan fingerprint density at radius 3 is 1.20 bits per heavy atom. The second kappa shape index (κ2) is 0.877. The van der Waals surface area contributed by atoms with E-state index in [1.54, 1.807) is 0 Å². The molecule has 0 aromatic carbocycles. The van der Waals surface area contributed by atoms with Crippen molar-refractivity contribution in [2.24, 2.45) is 0 Å². The van der Waals surface area contributed by atoms with Gasteiger partial charge in [0.05, 0.1) is 0 Å². The molecule has 0 saturated heterocycles. The lowest BCUT2D eigenvalue weighted by molar-refractivity contribution is -0.260. The summed E-state index contributed by atoms with van der Waals surface area (Å²) >= 11 is 0. The predicted molar refractivity (Wildman–Crippen MR) is 10.5 cm³/mol. The predicted octanol–water partition coefficient (Wildman–Crippen LogP) is 0.612. The van der Waals surface area contributed by atoms with Gasteiger partial charge in [0.2, 0.25) is 0 Å². The first-order valence-electron chi connectivity index (χ1n) is 0.890. The highest BCUT2D eigenvalue weighted by Gasteiger charge is 2.39. The number of hydrogen-bond donors (Lipinski definition) is 0. The summed E-state index contributed by atoms with van der Waals surface area (Å²) in [4.78, 5) is 0. The van der Waals surface area contributed by atoms with Crippen LogP contribution in [-0.2, 0) is 0 Å². The fourth-order valence-corrected chi connectivity index (χ4v) is 0. The molecule has 0 aromatic heterocycles. The average molecular weight is 87.8 g/mol. The lowest BCUT2D eigenvalue weighted by atomic mass is 10.3. The summed E-state index contributed by atoms with van der Waals surface area (Å²) in [7, 11) is -5.75. The Kier molecular flexibility index (Phi) is 0.839. The van der Waals surface area contributed by atoms with Crippen molar-refractivity contribution in [3.05, 3.63) is 0 Å². The van der Waals surface area contributed by atoms with Crippen LogP contribution in [-0.4, -0.2) is 7.25 Å². The quantitative estimate of drug-likeness (QED) is 0.300. The molecule has 0 aliphatic rings. The normalized spacial score (nSPS) is 12.0. The van der Waals surface area contributed by atoms with Crippen molar-refractivity contribution in [2.75, 3.05) is 0 Å². The van der Waals surface area contributed by atoms with Gasteiger partial charge >= 0.3 is 7.25 Å². The highest BCUT2D eigenvalue weighted by Crippen LogP contribution is 2.01. The monoisotopic (exact) mass is 88.0 g/mol. The van der Waals surface area contributed by atoms with Crippen LogP contribution in [0.1, 0.15) is 0 Å². The molecule has 0 nitrogen and oxygen atoms in total. The molecule has 0 saturated carbocycles. The Hall–Kier alpha value is -0.215. The Morgan fingerprint density at radius 1 is 1.20 bits per heavy atom. The van der Waals surface area contributed by atoms with Gasteiger partial charge in [-0.3, -0.25) is 0 Å². The van der Waals surface area contributed by atoms with E-state index in [2.05, 4.69) is 0 Å². The second-order valence-corrected chi connectivity index (χ2v) is 0.515. The van der Waals surface area contributed by atoms with Crippen LogP contribution in [0.3, 0.4) is 0 Å². The SMILES string of the molecule is F[B-](F)(F)[FH+]. The Balaban J connectivity index is 3.02. The van der Waals surface area contributed by atoms with E-state index in [4.69, 9.17) is 4.32 Å². The zero-order valence-electron chi connectivity index (χ0n) is 2.12. The molecule has 0 amide bonds. The third-order valence-corrected chi connectivity index (χ3v) is 0. The van der Waals surface area contributed by atoms with Crippen molar-refractivity contribution >= 4 is 7.25 Å². The van der Waals surface area contributed by atoms with Gasteiger partial charge in [0, 0.05) is 0 Å². The summed E-state index contributed by atoms with van der Waals surface area (Å²) < 4.78 is 37.8. The summed E-state index contributed by atoms with van der Waals surface area (Å²) in [5.74, 6) is 0. The van der Waals surface area contributed by atoms with Gasteiger partial charge < -0.3 is 17.3 Å². The van der Waals surface area contributed by atoms with E-state index < -0.39 is 7.25 Å². The van der Waals surface area contributed by atoms with Crippen molar-refractivity contribution in [3.63, 3.8) is 0 Å². The minimum absolute atomic E-state index is 5.75. The Labute approximate surface area is 25.9 Å². The van der Waals surface area contributed by atoms with Crippen LogP contribution in [0.5, 0.6) is 0 Å². The summed E-state index contributed by atoms with van der Waals surface area (Å²) in [6.07, 6.45) is 0. The first kappa shape index (κ1) is 4.78. The van der Waals surface area contributed by atoms with Crippen LogP contribution in [0.15, 0.2) is 0 Å². The molecule has 0 fully saturated rings. The first-order chi connectivity index (χ1) is 2.00. The Bertz CT molecular complexity index is 19.1. The van der Waals surface area contributed by atoms with E-state index in [0.717, 1.165) is 0 Å². The zero-order chi connectivity index (χ0) is 4.50. The van der Waals surface area contributed by atoms with Gasteiger partial charge in [0.1, 0.15) is 0 Å². The van der Waals surface area contributed by atoms with Crippen LogP contribution < -0.4 is 0 Å². The maximum Gasteiger partial charge on any atom is 0.937 e. The molecule has 5 heteroatoms. The molecule has 0 aliphatic heterocycles. The highest BCUT2D eigenvalue weighted by atomic mass is 19.5. The topological polar surface area (TPSA) is 0 Å². The summed E-state index contributed by atoms with van der Waals surface area (Å²) in [6.45, 7) is 0. The fraction of sp³-hybridized carbons (Fsp3) is 0. The molecule has 0 aromatic rings.